The molecule has 1 fully saturated rings. The fourth-order valence-electron chi connectivity index (χ4n) is 2.88. The number of nitrogens with zero attached hydrogens (tertiary/aromatic N) is 3. The van der Waals surface area contributed by atoms with Gasteiger partial charge in [-0.05, 0) is 26.0 Å². The first kappa shape index (κ1) is 21.7. The number of hydrogen-bond donors (Lipinski definition) is 1. The van der Waals surface area contributed by atoms with Gasteiger partial charge in [0.2, 0.25) is 0 Å². The van der Waals surface area contributed by atoms with E-state index in [1.807, 2.05) is 42.2 Å². The van der Waals surface area contributed by atoms with Crippen LogP contribution in [0.1, 0.15) is 13.8 Å². The zero-order valence-electron chi connectivity index (χ0n) is 15.7. The Hall–Kier alpha value is -1.61. The zero-order chi connectivity index (χ0) is 19.9. The number of halogens is 3. The average Bonchev–Trinajstić information content (AvgIpc) is 2.66. The van der Waals surface area contributed by atoms with Crippen molar-refractivity contribution in [2.24, 2.45) is 4.99 Å². The van der Waals surface area contributed by atoms with Gasteiger partial charge in [0.1, 0.15) is 6.04 Å². The van der Waals surface area contributed by atoms with Gasteiger partial charge < -0.3 is 10.2 Å². The molecule has 0 aliphatic carbocycles. The molecule has 1 aromatic rings. The summed E-state index contributed by atoms with van der Waals surface area (Å²) in [5.74, 6) is 1.08. The van der Waals surface area contributed by atoms with Gasteiger partial charge in [-0.3, -0.25) is 14.1 Å². The van der Waals surface area contributed by atoms with Crippen molar-refractivity contribution in [2.45, 2.75) is 31.0 Å². The van der Waals surface area contributed by atoms with E-state index < -0.39 is 23.0 Å². The van der Waals surface area contributed by atoms with Crippen molar-refractivity contribution in [2.75, 3.05) is 45.0 Å². The minimum absolute atomic E-state index is 0.334. The largest absolute Gasteiger partial charge is 0.403 e. The van der Waals surface area contributed by atoms with Gasteiger partial charge in [-0.25, -0.2) is 0 Å². The number of piperazine rings is 1. The van der Waals surface area contributed by atoms with Crippen LogP contribution in [0.2, 0.25) is 0 Å². The second-order valence-electron chi connectivity index (χ2n) is 6.34. The monoisotopic (exact) mass is 404 g/mol. The standard InChI is InChI=1S/C18H27F3N4OS/c1-3-22-17(23-9-14-27(26)16-7-5-4-6-8-16)25-12-10-24(11-13-25)15(2)18(19,20)21/h4-8,15H,3,9-14H2,1-2H3,(H,22,23). The molecular formula is C18H27F3N4OS. The average molecular weight is 405 g/mol. The number of alkyl halides is 3. The smallest absolute Gasteiger partial charge is 0.357 e. The van der Waals surface area contributed by atoms with E-state index in [4.69, 9.17) is 0 Å². The van der Waals surface area contributed by atoms with Crippen LogP contribution in [-0.4, -0.2) is 77.2 Å². The lowest BCUT2D eigenvalue weighted by Crippen LogP contribution is -2.56. The Labute approximate surface area is 161 Å². The van der Waals surface area contributed by atoms with E-state index in [9.17, 15) is 17.4 Å². The highest BCUT2D eigenvalue weighted by Crippen LogP contribution is 2.25. The van der Waals surface area contributed by atoms with Gasteiger partial charge in [0.25, 0.3) is 0 Å². The minimum Gasteiger partial charge on any atom is -0.357 e. The topological polar surface area (TPSA) is 47.9 Å². The Kier molecular flexibility index (Phi) is 8.09. The van der Waals surface area contributed by atoms with Gasteiger partial charge in [-0.2, -0.15) is 13.2 Å². The van der Waals surface area contributed by atoms with Crippen LogP contribution in [0.15, 0.2) is 40.2 Å². The third kappa shape index (κ3) is 6.49. The summed E-state index contributed by atoms with van der Waals surface area (Å²) in [6.45, 7) is 5.83. The molecule has 0 spiro atoms. The number of nitrogens with one attached hydrogen (secondary N) is 1. The summed E-state index contributed by atoms with van der Waals surface area (Å²) in [5.41, 5.74) is 0. The molecule has 27 heavy (non-hydrogen) atoms. The quantitative estimate of drug-likeness (QED) is 0.584. The van der Waals surface area contributed by atoms with Gasteiger partial charge >= 0.3 is 6.18 Å². The number of guanidine groups is 1. The summed E-state index contributed by atoms with van der Waals surface area (Å²) in [5, 5.41) is 3.18. The molecule has 152 valence electrons. The number of hydrogen-bond acceptors (Lipinski definition) is 3. The molecule has 2 rings (SSSR count). The molecule has 2 unspecified atom stereocenters. The molecule has 1 aromatic carbocycles. The molecule has 9 heteroatoms. The third-order valence-corrected chi connectivity index (χ3v) is 5.87. The van der Waals surface area contributed by atoms with Crippen LogP contribution in [0, 0.1) is 0 Å². The number of rotatable bonds is 6. The van der Waals surface area contributed by atoms with Crippen molar-refractivity contribution < 1.29 is 17.4 Å². The van der Waals surface area contributed by atoms with Crippen LogP contribution < -0.4 is 5.32 Å². The van der Waals surface area contributed by atoms with E-state index in [-0.39, 0.29) is 0 Å². The summed E-state index contributed by atoms with van der Waals surface area (Å²) in [6.07, 6.45) is -4.21. The van der Waals surface area contributed by atoms with E-state index in [1.165, 1.54) is 11.8 Å². The lowest BCUT2D eigenvalue weighted by atomic mass is 10.2. The van der Waals surface area contributed by atoms with Crippen LogP contribution in [0.25, 0.3) is 0 Å². The summed E-state index contributed by atoms with van der Waals surface area (Å²) >= 11 is 0. The summed E-state index contributed by atoms with van der Waals surface area (Å²) in [7, 11) is -1.12. The maximum absolute atomic E-state index is 12.9. The van der Waals surface area contributed by atoms with Gasteiger partial charge in [-0.15, -0.1) is 0 Å². The first-order valence-electron chi connectivity index (χ1n) is 9.10. The Bertz CT molecular complexity index is 631. The maximum Gasteiger partial charge on any atom is 0.403 e. The normalized spacial score (nSPS) is 19.0. The molecule has 1 N–H and O–H groups in total. The van der Waals surface area contributed by atoms with Gasteiger partial charge in [0.15, 0.2) is 5.96 Å². The molecule has 0 aromatic heterocycles. The number of aliphatic imine (C=N–C) groups is 1. The van der Waals surface area contributed by atoms with Gasteiger partial charge in [0.05, 0.1) is 17.3 Å². The lowest BCUT2D eigenvalue weighted by molar-refractivity contribution is -0.181. The van der Waals surface area contributed by atoms with E-state index in [1.54, 1.807) is 0 Å². The second-order valence-corrected chi connectivity index (χ2v) is 7.91. The third-order valence-electron chi connectivity index (χ3n) is 4.51. The van der Waals surface area contributed by atoms with E-state index in [0.29, 0.717) is 51.0 Å². The minimum atomic E-state index is -4.21. The SMILES string of the molecule is CCNC(=NCCS(=O)c1ccccc1)N1CCN(C(C)C(F)(F)F)CC1. The molecule has 0 radical (unpaired) electrons. The fourth-order valence-corrected chi connectivity index (χ4v) is 3.83. The van der Waals surface area contributed by atoms with E-state index >= 15 is 0 Å². The highest BCUT2D eigenvalue weighted by molar-refractivity contribution is 7.85. The molecule has 2 atom stereocenters. The first-order valence-corrected chi connectivity index (χ1v) is 10.4. The van der Waals surface area contributed by atoms with Crippen molar-refractivity contribution >= 4 is 16.8 Å². The second kappa shape index (κ2) is 10.1. The summed E-state index contributed by atoms with van der Waals surface area (Å²) in [6, 6.07) is 7.79. The molecule has 1 aliphatic heterocycles. The van der Waals surface area contributed by atoms with E-state index in [2.05, 4.69) is 10.3 Å². The van der Waals surface area contributed by atoms with Crippen molar-refractivity contribution in [3.63, 3.8) is 0 Å². The first-order chi connectivity index (χ1) is 12.8. The Morgan fingerprint density at radius 3 is 2.41 bits per heavy atom. The molecule has 1 saturated heterocycles. The van der Waals surface area contributed by atoms with Gasteiger partial charge in [-0.1, -0.05) is 18.2 Å². The van der Waals surface area contributed by atoms with Crippen molar-refractivity contribution in [1.29, 1.82) is 0 Å². The maximum atomic E-state index is 12.9. The Morgan fingerprint density at radius 1 is 1.22 bits per heavy atom. The van der Waals surface area contributed by atoms with Crippen molar-refractivity contribution in [3.05, 3.63) is 30.3 Å². The molecule has 1 aliphatic rings. The van der Waals surface area contributed by atoms with Crippen molar-refractivity contribution in [3.8, 4) is 0 Å². The molecule has 5 nitrogen and oxygen atoms in total. The van der Waals surface area contributed by atoms with Crippen LogP contribution in [0.3, 0.4) is 0 Å². The van der Waals surface area contributed by atoms with Gasteiger partial charge in [0, 0.05) is 43.4 Å². The number of benzene rings is 1. The molecular weight excluding hydrogens is 377 g/mol. The highest BCUT2D eigenvalue weighted by Gasteiger charge is 2.41. The molecule has 1 heterocycles. The molecule has 0 amide bonds. The predicted octanol–water partition coefficient (Wildman–Crippen LogP) is 2.33. The Morgan fingerprint density at radius 2 is 1.85 bits per heavy atom. The molecule has 0 bridgehead atoms. The lowest BCUT2D eigenvalue weighted by Gasteiger charge is -2.39. The summed E-state index contributed by atoms with van der Waals surface area (Å²) in [4.78, 5) is 8.71. The van der Waals surface area contributed by atoms with Crippen LogP contribution in [0.4, 0.5) is 13.2 Å². The Balaban J connectivity index is 1.89. The van der Waals surface area contributed by atoms with Crippen LogP contribution >= 0.6 is 0 Å². The predicted molar refractivity (Wildman–Crippen MR) is 102 cm³/mol. The van der Waals surface area contributed by atoms with Crippen LogP contribution in [-0.2, 0) is 10.8 Å². The van der Waals surface area contributed by atoms with Crippen LogP contribution in [0.5, 0.6) is 0 Å². The summed E-state index contributed by atoms with van der Waals surface area (Å²) < 4.78 is 50.9. The van der Waals surface area contributed by atoms with E-state index in [0.717, 1.165) is 4.90 Å². The van der Waals surface area contributed by atoms with Crippen molar-refractivity contribution in [1.82, 2.24) is 15.1 Å². The highest BCUT2D eigenvalue weighted by atomic mass is 32.2. The zero-order valence-corrected chi connectivity index (χ0v) is 16.5. The molecule has 0 saturated carbocycles. The fraction of sp³-hybridized carbons (Fsp3) is 0.611.